The van der Waals surface area contributed by atoms with Crippen LogP contribution in [0.15, 0.2) is 30.4 Å². The highest BCUT2D eigenvalue weighted by molar-refractivity contribution is 5.41. The lowest BCUT2D eigenvalue weighted by Crippen LogP contribution is -2.00. The van der Waals surface area contributed by atoms with Gasteiger partial charge in [-0.3, -0.25) is 0 Å². The third kappa shape index (κ3) is 1.74. The molecule has 2 rings (SSSR count). The zero-order valence-electron chi connectivity index (χ0n) is 7.98. The van der Waals surface area contributed by atoms with Gasteiger partial charge in [-0.15, -0.1) is 0 Å². The van der Waals surface area contributed by atoms with Crippen molar-refractivity contribution in [2.75, 3.05) is 0 Å². The van der Waals surface area contributed by atoms with E-state index in [-0.39, 0.29) is 11.5 Å². The minimum Gasteiger partial charge on any atom is -0.508 e. The van der Waals surface area contributed by atoms with Gasteiger partial charge in [-0.1, -0.05) is 18.2 Å². The molecule has 1 aliphatic carbocycles. The van der Waals surface area contributed by atoms with Crippen molar-refractivity contribution >= 4 is 0 Å². The molecule has 0 heterocycles. The summed E-state index contributed by atoms with van der Waals surface area (Å²) >= 11 is 0. The van der Waals surface area contributed by atoms with E-state index in [4.69, 9.17) is 5.11 Å². The Kier molecular flexibility index (Phi) is 2.44. The van der Waals surface area contributed by atoms with Crippen LogP contribution in [-0.2, 0) is 0 Å². The summed E-state index contributed by atoms with van der Waals surface area (Å²) in [6.45, 7) is 0. The molecule has 2 N–H and O–H groups in total. The monoisotopic (exact) mass is 190 g/mol. The molecule has 1 aromatic rings. The average Bonchev–Trinajstić information content (AvgIpc) is 2.19. The molecule has 0 saturated carbocycles. The quantitative estimate of drug-likeness (QED) is 0.668. The maximum Gasteiger partial charge on any atom is 0.122 e. The Bertz CT molecular complexity index is 355. The molecular weight excluding hydrogens is 176 g/mol. The van der Waals surface area contributed by atoms with Gasteiger partial charge in [0.05, 0.1) is 0 Å². The van der Waals surface area contributed by atoms with Crippen LogP contribution in [0.5, 0.6) is 11.5 Å². The Labute approximate surface area is 83.5 Å². The smallest absolute Gasteiger partial charge is 0.122 e. The van der Waals surface area contributed by atoms with Crippen molar-refractivity contribution < 1.29 is 10.2 Å². The first-order valence-corrected chi connectivity index (χ1v) is 4.94. The van der Waals surface area contributed by atoms with Crippen molar-refractivity contribution in [1.82, 2.24) is 0 Å². The van der Waals surface area contributed by atoms with Gasteiger partial charge in [0.2, 0.25) is 0 Å². The molecule has 14 heavy (non-hydrogen) atoms. The van der Waals surface area contributed by atoms with E-state index in [1.807, 2.05) is 6.07 Å². The van der Waals surface area contributed by atoms with Gasteiger partial charge in [-0.05, 0) is 36.8 Å². The largest absolute Gasteiger partial charge is 0.508 e. The fourth-order valence-corrected chi connectivity index (χ4v) is 1.95. The molecule has 74 valence electrons. The third-order valence-electron chi connectivity index (χ3n) is 2.72. The molecule has 0 amide bonds. The molecule has 0 aromatic heterocycles. The topological polar surface area (TPSA) is 40.5 Å². The van der Waals surface area contributed by atoms with Crippen molar-refractivity contribution in [2.45, 2.75) is 25.2 Å². The van der Waals surface area contributed by atoms with E-state index in [1.165, 1.54) is 6.07 Å². The fourth-order valence-electron chi connectivity index (χ4n) is 1.95. The van der Waals surface area contributed by atoms with E-state index in [1.54, 1.807) is 6.07 Å². The average molecular weight is 190 g/mol. The lowest BCUT2D eigenvalue weighted by Gasteiger charge is -2.19. The number of benzene rings is 1. The molecule has 0 aliphatic heterocycles. The van der Waals surface area contributed by atoms with Crippen molar-refractivity contribution in [3.63, 3.8) is 0 Å². The van der Waals surface area contributed by atoms with Gasteiger partial charge < -0.3 is 10.2 Å². The van der Waals surface area contributed by atoms with Gasteiger partial charge in [0, 0.05) is 6.07 Å². The number of rotatable bonds is 1. The van der Waals surface area contributed by atoms with Crippen molar-refractivity contribution in [3.8, 4) is 11.5 Å². The minimum absolute atomic E-state index is 0.123. The Morgan fingerprint density at radius 3 is 2.64 bits per heavy atom. The summed E-state index contributed by atoms with van der Waals surface area (Å²) in [5.74, 6) is 0.739. The van der Waals surface area contributed by atoms with Crippen LogP contribution in [0.1, 0.15) is 30.7 Å². The molecule has 0 fully saturated rings. The lowest BCUT2D eigenvalue weighted by molar-refractivity contribution is 0.438. The predicted molar refractivity (Wildman–Crippen MR) is 55.5 cm³/mol. The van der Waals surface area contributed by atoms with E-state index in [9.17, 15) is 5.11 Å². The molecular formula is C12H14O2. The summed E-state index contributed by atoms with van der Waals surface area (Å²) in [5.41, 5.74) is 0.951. The zero-order chi connectivity index (χ0) is 9.97. The molecule has 1 aromatic carbocycles. The third-order valence-corrected chi connectivity index (χ3v) is 2.72. The van der Waals surface area contributed by atoms with Gasteiger partial charge in [-0.2, -0.15) is 0 Å². The maximum atomic E-state index is 9.66. The molecule has 1 unspecified atom stereocenters. The van der Waals surface area contributed by atoms with Crippen LogP contribution in [0.25, 0.3) is 0 Å². The molecule has 1 aliphatic rings. The Morgan fingerprint density at radius 1 is 1.14 bits per heavy atom. The highest BCUT2D eigenvalue weighted by Crippen LogP contribution is 2.35. The lowest BCUT2D eigenvalue weighted by atomic mass is 9.87. The molecule has 0 radical (unpaired) electrons. The first-order chi connectivity index (χ1) is 6.77. The van der Waals surface area contributed by atoms with Crippen LogP contribution in [0.3, 0.4) is 0 Å². The summed E-state index contributed by atoms with van der Waals surface area (Å²) in [5, 5.41) is 18.8. The summed E-state index contributed by atoms with van der Waals surface area (Å²) in [6, 6.07) is 4.86. The number of phenols is 2. The SMILES string of the molecule is Oc1ccc(C2CC=CCC2)c(O)c1. The van der Waals surface area contributed by atoms with Crippen LogP contribution in [0.2, 0.25) is 0 Å². The summed E-state index contributed by atoms with van der Waals surface area (Å²) in [7, 11) is 0. The van der Waals surface area contributed by atoms with Crippen LogP contribution in [-0.4, -0.2) is 10.2 Å². The van der Waals surface area contributed by atoms with Crippen LogP contribution in [0, 0.1) is 0 Å². The number of hydrogen-bond acceptors (Lipinski definition) is 2. The minimum atomic E-state index is 0.123. The Morgan fingerprint density at radius 2 is 2.00 bits per heavy atom. The van der Waals surface area contributed by atoms with Crippen molar-refractivity contribution in [1.29, 1.82) is 0 Å². The van der Waals surface area contributed by atoms with E-state index in [2.05, 4.69) is 12.2 Å². The van der Waals surface area contributed by atoms with Gasteiger partial charge >= 0.3 is 0 Å². The predicted octanol–water partition coefficient (Wildman–Crippen LogP) is 2.92. The van der Waals surface area contributed by atoms with Gasteiger partial charge in [0.15, 0.2) is 0 Å². The molecule has 1 atom stereocenters. The normalized spacial score (nSPS) is 21.0. The summed E-state index contributed by atoms with van der Waals surface area (Å²) < 4.78 is 0. The number of allylic oxidation sites excluding steroid dienone is 2. The molecule has 0 bridgehead atoms. The molecule has 2 nitrogen and oxygen atoms in total. The highest BCUT2D eigenvalue weighted by Gasteiger charge is 2.15. The van der Waals surface area contributed by atoms with Crippen LogP contribution in [0.4, 0.5) is 0 Å². The van der Waals surface area contributed by atoms with Gasteiger partial charge in [0.25, 0.3) is 0 Å². The molecule has 2 heteroatoms. The van der Waals surface area contributed by atoms with Crippen molar-refractivity contribution in [3.05, 3.63) is 35.9 Å². The Balaban J connectivity index is 2.27. The zero-order valence-corrected chi connectivity index (χ0v) is 7.98. The Hall–Kier alpha value is -1.44. The van der Waals surface area contributed by atoms with Crippen LogP contribution < -0.4 is 0 Å². The van der Waals surface area contributed by atoms with E-state index >= 15 is 0 Å². The second kappa shape index (κ2) is 3.74. The summed E-state index contributed by atoms with van der Waals surface area (Å²) in [6.07, 6.45) is 7.46. The standard InChI is InChI=1S/C12H14O2/c13-10-6-7-11(12(14)8-10)9-4-2-1-3-5-9/h1-2,6-9,13-14H,3-5H2. The van der Waals surface area contributed by atoms with Crippen LogP contribution >= 0.6 is 0 Å². The summed E-state index contributed by atoms with van der Waals surface area (Å²) in [4.78, 5) is 0. The number of aromatic hydroxyl groups is 2. The van der Waals surface area contributed by atoms with E-state index in [0.29, 0.717) is 5.92 Å². The second-order valence-electron chi connectivity index (χ2n) is 3.72. The number of hydrogen-bond donors (Lipinski definition) is 2. The first-order valence-electron chi connectivity index (χ1n) is 4.94. The number of phenolic OH excluding ortho intramolecular Hbond substituents is 2. The first kappa shape index (κ1) is 9.13. The fraction of sp³-hybridized carbons (Fsp3) is 0.333. The molecule has 0 spiro atoms. The van der Waals surface area contributed by atoms with Crippen molar-refractivity contribution in [2.24, 2.45) is 0 Å². The second-order valence-corrected chi connectivity index (χ2v) is 3.72. The maximum absolute atomic E-state index is 9.66. The highest BCUT2D eigenvalue weighted by atomic mass is 16.3. The van der Waals surface area contributed by atoms with E-state index < -0.39 is 0 Å². The van der Waals surface area contributed by atoms with Gasteiger partial charge in [0.1, 0.15) is 11.5 Å². The molecule has 0 saturated heterocycles. The van der Waals surface area contributed by atoms with E-state index in [0.717, 1.165) is 24.8 Å². The van der Waals surface area contributed by atoms with Gasteiger partial charge in [-0.25, -0.2) is 0 Å².